The molecule has 2 amide bonds. The van der Waals surface area contributed by atoms with Crippen molar-refractivity contribution < 1.29 is 14.3 Å². The van der Waals surface area contributed by atoms with E-state index in [1.54, 1.807) is 12.0 Å². The van der Waals surface area contributed by atoms with Gasteiger partial charge in [0.2, 0.25) is 11.8 Å². The quantitative estimate of drug-likeness (QED) is 0.815. The maximum atomic E-state index is 12.0. The zero-order chi connectivity index (χ0) is 15.8. The molecule has 0 radical (unpaired) electrons. The molecule has 1 aliphatic rings. The molecular formula is C17H24N2O3. The molecule has 0 bridgehead atoms. The third kappa shape index (κ3) is 5.06. The summed E-state index contributed by atoms with van der Waals surface area (Å²) in [6.45, 7) is 2.12. The van der Waals surface area contributed by atoms with Crippen LogP contribution in [0, 0.1) is 0 Å². The fourth-order valence-corrected chi connectivity index (χ4v) is 2.59. The smallest absolute Gasteiger partial charge is 0.232 e. The Bertz CT molecular complexity index is 493. The summed E-state index contributed by atoms with van der Waals surface area (Å²) < 4.78 is 5.10. The van der Waals surface area contributed by atoms with Gasteiger partial charge >= 0.3 is 0 Å². The lowest BCUT2D eigenvalue weighted by Crippen LogP contribution is -2.39. The van der Waals surface area contributed by atoms with E-state index in [-0.39, 0.29) is 18.2 Å². The highest BCUT2D eigenvalue weighted by molar-refractivity contribution is 5.96. The minimum Gasteiger partial charge on any atom is -0.497 e. The minimum absolute atomic E-state index is 0.0391. The molecule has 1 saturated heterocycles. The van der Waals surface area contributed by atoms with Crippen molar-refractivity contribution in [2.75, 3.05) is 26.7 Å². The molecular weight excluding hydrogens is 280 g/mol. The third-order valence-electron chi connectivity index (χ3n) is 3.92. The molecule has 1 aromatic rings. The summed E-state index contributed by atoms with van der Waals surface area (Å²) in [4.78, 5) is 25.6. The topological polar surface area (TPSA) is 58.6 Å². The number of carbonyl (C=O) groups excluding carboxylic acids is 2. The Labute approximate surface area is 131 Å². The number of hydrogen-bond acceptors (Lipinski definition) is 3. The second-order valence-electron chi connectivity index (χ2n) is 5.57. The van der Waals surface area contributed by atoms with Gasteiger partial charge in [-0.1, -0.05) is 12.1 Å². The van der Waals surface area contributed by atoms with Gasteiger partial charge in [0.05, 0.1) is 7.11 Å². The molecule has 1 aliphatic heterocycles. The van der Waals surface area contributed by atoms with Gasteiger partial charge < -0.3 is 15.0 Å². The largest absolute Gasteiger partial charge is 0.497 e. The average Bonchev–Trinajstić information content (AvgIpc) is 2.56. The number of hydrogen-bond donors (Lipinski definition) is 1. The molecule has 0 spiro atoms. The van der Waals surface area contributed by atoms with Gasteiger partial charge in [-0.25, -0.2) is 0 Å². The van der Waals surface area contributed by atoms with Crippen LogP contribution in [0.4, 0.5) is 0 Å². The predicted molar refractivity (Wildman–Crippen MR) is 84.8 cm³/mol. The van der Waals surface area contributed by atoms with Crippen molar-refractivity contribution in [3.8, 4) is 5.75 Å². The summed E-state index contributed by atoms with van der Waals surface area (Å²) in [7, 11) is 1.63. The van der Waals surface area contributed by atoms with E-state index in [4.69, 9.17) is 4.74 Å². The van der Waals surface area contributed by atoms with Crippen molar-refractivity contribution in [1.82, 2.24) is 10.2 Å². The molecule has 0 unspecified atom stereocenters. The molecule has 22 heavy (non-hydrogen) atoms. The lowest BCUT2D eigenvalue weighted by Gasteiger charge is -2.26. The Morgan fingerprint density at radius 1 is 1.14 bits per heavy atom. The molecule has 1 heterocycles. The van der Waals surface area contributed by atoms with E-state index < -0.39 is 0 Å². The van der Waals surface area contributed by atoms with Gasteiger partial charge in [0.1, 0.15) is 12.2 Å². The van der Waals surface area contributed by atoms with Crippen LogP contribution in [0.25, 0.3) is 0 Å². The van der Waals surface area contributed by atoms with Gasteiger partial charge in [-0.05, 0) is 43.4 Å². The zero-order valence-electron chi connectivity index (χ0n) is 13.1. The number of nitrogens with one attached hydrogen (secondary N) is 1. The minimum atomic E-state index is -0.191. The first-order valence-electron chi connectivity index (χ1n) is 7.86. The number of nitrogens with zero attached hydrogens (tertiary/aromatic N) is 1. The van der Waals surface area contributed by atoms with E-state index in [9.17, 15) is 9.59 Å². The van der Waals surface area contributed by atoms with Crippen LogP contribution in [-0.4, -0.2) is 43.5 Å². The highest BCUT2D eigenvalue weighted by atomic mass is 16.5. The van der Waals surface area contributed by atoms with E-state index >= 15 is 0 Å². The summed E-state index contributed by atoms with van der Waals surface area (Å²) in [5.74, 6) is 0.575. The Kier molecular flexibility index (Phi) is 6.25. The van der Waals surface area contributed by atoms with E-state index in [0.717, 1.165) is 43.7 Å². The maximum Gasteiger partial charge on any atom is 0.232 e. The summed E-state index contributed by atoms with van der Waals surface area (Å²) in [6.07, 6.45) is 3.98. The van der Waals surface area contributed by atoms with Crippen molar-refractivity contribution >= 4 is 11.8 Å². The van der Waals surface area contributed by atoms with Crippen molar-refractivity contribution in [2.24, 2.45) is 0 Å². The van der Waals surface area contributed by atoms with E-state index in [1.807, 2.05) is 24.3 Å². The van der Waals surface area contributed by atoms with Crippen molar-refractivity contribution in [3.63, 3.8) is 0 Å². The van der Waals surface area contributed by atoms with Crippen LogP contribution in [0.15, 0.2) is 24.3 Å². The van der Waals surface area contributed by atoms with Crippen LogP contribution in [0.2, 0.25) is 0 Å². The first kappa shape index (κ1) is 16.3. The number of likely N-dealkylation sites (tertiary alicyclic amines) is 1. The standard InChI is InChI=1S/C17H24N2O3/c1-22-15-7-5-14(6-8-15)9-10-18-16(20)13-17(21)19-11-3-2-4-12-19/h5-8H,2-4,9-13H2,1H3,(H,18,20). The number of rotatable bonds is 6. The fourth-order valence-electron chi connectivity index (χ4n) is 2.59. The van der Waals surface area contributed by atoms with Crippen LogP contribution in [-0.2, 0) is 16.0 Å². The van der Waals surface area contributed by atoms with Gasteiger partial charge in [0.15, 0.2) is 0 Å². The van der Waals surface area contributed by atoms with E-state index in [0.29, 0.717) is 6.54 Å². The van der Waals surface area contributed by atoms with Crippen LogP contribution >= 0.6 is 0 Å². The molecule has 5 nitrogen and oxygen atoms in total. The molecule has 2 rings (SSSR count). The summed E-state index contributed by atoms with van der Waals surface area (Å²) >= 11 is 0. The Morgan fingerprint density at radius 2 is 1.82 bits per heavy atom. The van der Waals surface area contributed by atoms with Crippen molar-refractivity contribution in [1.29, 1.82) is 0 Å². The number of benzene rings is 1. The average molecular weight is 304 g/mol. The monoisotopic (exact) mass is 304 g/mol. The molecule has 0 saturated carbocycles. The van der Waals surface area contributed by atoms with E-state index in [2.05, 4.69) is 5.32 Å². The highest BCUT2D eigenvalue weighted by Gasteiger charge is 2.18. The second-order valence-corrected chi connectivity index (χ2v) is 5.57. The first-order valence-corrected chi connectivity index (χ1v) is 7.86. The summed E-state index contributed by atoms with van der Waals surface area (Å²) in [6, 6.07) is 7.75. The van der Waals surface area contributed by atoms with Gasteiger partial charge in [-0.15, -0.1) is 0 Å². The SMILES string of the molecule is COc1ccc(CCNC(=O)CC(=O)N2CCCCC2)cc1. The van der Waals surface area contributed by atoms with Gasteiger partial charge in [0.25, 0.3) is 0 Å². The maximum absolute atomic E-state index is 12.0. The van der Waals surface area contributed by atoms with Gasteiger partial charge in [-0.2, -0.15) is 0 Å². The number of carbonyl (C=O) groups is 2. The molecule has 1 fully saturated rings. The molecule has 1 aromatic carbocycles. The van der Waals surface area contributed by atoms with Crippen LogP contribution in [0.3, 0.4) is 0 Å². The van der Waals surface area contributed by atoms with Crippen molar-refractivity contribution in [3.05, 3.63) is 29.8 Å². The summed E-state index contributed by atoms with van der Waals surface area (Å²) in [5, 5.41) is 2.81. The zero-order valence-corrected chi connectivity index (χ0v) is 13.1. The molecule has 120 valence electrons. The second kappa shape index (κ2) is 8.41. The van der Waals surface area contributed by atoms with Crippen molar-refractivity contribution in [2.45, 2.75) is 32.1 Å². The fraction of sp³-hybridized carbons (Fsp3) is 0.529. The Hall–Kier alpha value is -2.04. The predicted octanol–water partition coefficient (Wildman–Crippen LogP) is 1.76. The van der Waals surface area contributed by atoms with E-state index in [1.165, 1.54) is 6.42 Å². The molecule has 0 atom stereocenters. The first-order chi connectivity index (χ1) is 10.7. The van der Waals surface area contributed by atoms with Crippen LogP contribution in [0.5, 0.6) is 5.75 Å². The molecule has 0 aromatic heterocycles. The number of piperidine rings is 1. The highest BCUT2D eigenvalue weighted by Crippen LogP contribution is 2.11. The lowest BCUT2D eigenvalue weighted by molar-refractivity contribution is -0.136. The van der Waals surface area contributed by atoms with Crippen LogP contribution < -0.4 is 10.1 Å². The lowest BCUT2D eigenvalue weighted by atomic mass is 10.1. The number of ether oxygens (including phenoxy) is 1. The summed E-state index contributed by atoms with van der Waals surface area (Å²) in [5.41, 5.74) is 1.13. The number of amides is 2. The Morgan fingerprint density at radius 3 is 2.45 bits per heavy atom. The van der Waals surface area contributed by atoms with Gasteiger partial charge in [-0.3, -0.25) is 9.59 Å². The number of methoxy groups -OCH3 is 1. The molecule has 5 heteroatoms. The molecule has 0 aliphatic carbocycles. The third-order valence-corrected chi connectivity index (χ3v) is 3.92. The van der Waals surface area contributed by atoms with Gasteiger partial charge in [0, 0.05) is 19.6 Å². The molecule has 1 N–H and O–H groups in total. The van der Waals surface area contributed by atoms with Crippen LogP contribution in [0.1, 0.15) is 31.2 Å². The normalized spacial score (nSPS) is 14.5. The Balaban J connectivity index is 1.67.